The summed E-state index contributed by atoms with van der Waals surface area (Å²) in [5.41, 5.74) is 0.412. The van der Waals surface area contributed by atoms with Gasteiger partial charge >= 0.3 is 0 Å². The highest BCUT2D eigenvalue weighted by atomic mass is 35.5. The molecule has 0 saturated carbocycles. The van der Waals surface area contributed by atoms with Gasteiger partial charge in [-0.2, -0.15) is 0 Å². The van der Waals surface area contributed by atoms with E-state index in [2.05, 4.69) is 10.3 Å². The predicted molar refractivity (Wildman–Crippen MR) is 78.7 cm³/mol. The van der Waals surface area contributed by atoms with Gasteiger partial charge in [0.25, 0.3) is 5.69 Å². The number of nitrogens with zero attached hydrogens (tertiary/aromatic N) is 2. The van der Waals surface area contributed by atoms with Crippen LogP contribution >= 0.6 is 22.9 Å². The molecule has 0 bridgehead atoms. The molecule has 0 radical (unpaired) electrons. The van der Waals surface area contributed by atoms with Crippen molar-refractivity contribution in [2.45, 2.75) is 13.5 Å². The highest BCUT2D eigenvalue weighted by molar-refractivity contribution is 7.15. The minimum atomic E-state index is -0.433. The van der Waals surface area contributed by atoms with Gasteiger partial charge < -0.3 is 10.1 Å². The van der Waals surface area contributed by atoms with Crippen molar-refractivity contribution < 1.29 is 9.66 Å². The average Bonchev–Trinajstić information content (AvgIpc) is 2.82. The Hall–Kier alpha value is -1.86. The topological polar surface area (TPSA) is 77.3 Å². The molecule has 0 fully saturated rings. The van der Waals surface area contributed by atoms with Gasteiger partial charge in [-0.05, 0) is 13.0 Å². The van der Waals surface area contributed by atoms with Crippen LogP contribution in [0.1, 0.15) is 11.8 Å². The molecule has 6 nitrogen and oxygen atoms in total. The van der Waals surface area contributed by atoms with Gasteiger partial charge in [-0.15, -0.1) is 11.3 Å². The first kappa shape index (κ1) is 14.5. The highest BCUT2D eigenvalue weighted by Gasteiger charge is 2.14. The molecular formula is C12H12ClN3O3S. The zero-order valence-corrected chi connectivity index (χ0v) is 12.2. The van der Waals surface area contributed by atoms with E-state index in [9.17, 15) is 10.1 Å². The van der Waals surface area contributed by atoms with Crippen LogP contribution in [0.15, 0.2) is 24.4 Å². The molecule has 1 aromatic carbocycles. The van der Waals surface area contributed by atoms with Crippen LogP contribution in [0.2, 0.25) is 4.47 Å². The van der Waals surface area contributed by atoms with Gasteiger partial charge in [0, 0.05) is 23.2 Å². The van der Waals surface area contributed by atoms with Gasteiger partial charge in [0.15, 0.2) is 4.47 Å². The molecule has 0 atom stereocenters. The molecule has 1 aromatic heterocycles. The lowest BCUT2D eigenvalue weighted by atomic mass is 10.2. The Balaban J connectivity index is 2.18. The molecule has 20 heavy (non-hydrogen) atoms. The molecule has 2 rings (SSSR count). The number of halogens is 1. The van der Waals surface area contributed by atoms with Crippen LogP contribution in [-0.2, 0) is 6.54 Å². The SMILES string of the molecule is CCOc1ccc([N+](=O)[O-])c(NCc2cnc(Cl)s2)c1. The molecule has 8 heteroatoms. The molecule has 0 amide bonds. The molecule has 0 aliphatic rings. The summed E-state index contributed by atoms with van der Waals surface area (Å²) >= 11 is 7.07. The van der Waals surface area contributed by atoms with E-state index in [0.717, 1.165) is 4.88 Å². The van der Waals surface area contributed by atoms with Crippen LogP contribution in [-0.4, -0.2) is 16.5 Å². The summed E-state index contributed by atoms with van der Waals surface area (Å²) in [4.78, 5) is 15.4. The lowest BCUT2D eigenvalue weighted by Crippen LogP contribution is -2.02. The fourth-order valence-corrected chi connectivity index (χ4v) is 2.54. The number of hydrogen-bond acceptors (Lipinski definition) is 6. The zero-order chi connectivity index (χ0) is 14.5. The second kappa shape index (κ2) is 6.53. The van der Waals surface area contributed by atoms with E-state index < -0.39 is 4.92 Å². The second-order valence-corrected chi connectivity index (χ2v) is 5.50. The first-order chi connectivity index (χ1) is 9.60. The van der Waals surface area contributed by atoms with Crippen molar-refractivity contribution in [3.05, 3.63) is 43.9 Å². The van der Waals surface area contributed by atoms with Crippen molar-refractivity contribution in [2.24, 2.45) is 0 Å². The summed E-state index contributed by atoms with van der Waals surface area (Å²) in [5, 5.41) is 14.0. The summed E-state index contributed by atoms with van der Waals surface area (Å²) in [6.07, 6.45) is 1.64. The van der Waals surface area contributed by atoms with Crippen LogP contribution in [0.25, 0.3) is 0 Å². The van der Waals surface area contributed by atoms with Gasteiger partial charge in [0.05, 0.1) is 18.1 Å². The van der Waals surface area contributed by atoms with Crippen LogP contribution in [0, 0.1) is 10.1 Å². The van der Waals surface area contributed by atoms with Crippen LogP contribution in [0.5, 0.6) is 5.75 Å². The molecule has 1 N–H and O–H groups in total. The third-order valence-electron chi connectivity index (χ3n) is 2.45. The van der Waals surface area contributed by atoms with Crippen LogP contribution in [0.3, 0.4) is 0 Å². The van der Waals surface area contributed by atoms with Crippen molar-refractivity contribution in [1.29, 1.82) is 0 Å². The molecule has 0 aliphatic heterocycles. The molecular weight excluding hydrogens is 302 g/mol. The van der Waals surface area contributed by atoms with Crippen molar-refractivity contribution in [3.8, 4) is 5.75 Å². The number of nitrogens with one attached hydrogen (secondary N) is 1. The molecule has 0 spiro atoms. The Labute approximate surface area is 124 Å². The van der Waals surface area contributed by atoms with Gasteiger partial charge in [-0.25, -0.2) is 4.98 Å². The fourth-order valence-electron chi connectivity index (χ4n) is 1.62. The van der Waals surface area contributed by atoms with Crippen molar-refractivity contribution in [3.63, 3.8) is 0 Å². The number of ether oxygens (including phenoxy) is 1. The molecule has 106 valence electrons. The quantitative estimate of drug-likeness (QED) is 0.649. The van der Waals surface area contributed by atoms with E-state index in [0.29, 0.717) is 29.1 Å². The highest BCUT2D eigenvalue weighted by Crippen LogP contribution is 2.30. The minimum Gasteiger partial charge on any atom is -0.494 e. The fraction of sp³-hybridized carbons (Fsp3) is 0.250. The lowest BCUT2D eigenvalue weighted by molar-refractivity contribution is -0.384. The Bertz CT molecular complexity index is 618. The minimum absolute atomic E-state index is 0.00376. The number of hydrogen-bond donors (Lipinski definition) is 1. The largest absolute Gasteiger partial charge is 0.494 e. The van der Waals surface area contributed by atoms with E-state index in [4.69, 9.17) is 16.3 Å². The predicted octanol–water partition coefficient (Wildman–Crippen LogP) is 3.72. The Morgan fingerprint density at radius 3 is 2.95 bits per heavy atom. The molecule has 0 saturated heterocycles. The van der Waals surface area contributed by atoms with E-state index in [1.807, 2.05) is 6.92 Å². The lowest BCUT2D eigenvalue weighted by Gasteiger charge is -2.08. The Kier molecular flexibility index (Phi) is 4.75. The number of anilines is 1. The average molecular weight is 314 g/mol. The zero-order valence-electron chi connectivity index (χ0n) is 10.6. The van der Waals surface area contributed by atoms with Crippen molar-refractivity contribution in [2.75, 3.05) is 11.9 Å². The van der Waals surface area contributed by atoms with E-state index in [-0.39, 0.29) is 5.69 Å². The molecule has 0 aliphatic carbocycles. The smallest absolute Gasteiger partial charge is 0.292 e. The molecule has 1 heterocycles. The standard InChI is InChI=1S/C12H12ClN3O3S/c1-2-19-8-3-4-11(16(17)18)10(5-8)14-6-9-7-15-12(13)20-9/h3-5,7,14H,2,6H2,1H3. The maximum absolute atomic E-state index is 11.0. The summed E-state index contributed by atoms with van der Waals surface area (Å²) in [6.45, 7) is 2.77. The maximum Gasteiger partial charge on any atom is 0.292 e. The van der Waals surface area contributed by atoms with Gasteiger partial charge in [-0.1, -0.05) is 11.6 Å². The van der Waals surface area contributed by atoms with Gasteiger partial charge in [-0.3, -0.25) is 10.1 Å². The number of nitro benzene ring substituents is 1. The summed E-state index contributed by atoms with van der Waals surface area (Å²) in [6, 6.07) is 4.62. The third-order valence-corrected chi connectivity index (χ3v) is 3.57. The summed E-state index contributed by atoms with van der Waals surface area (Å²) in [7, 11) is 0. The first-order valence-corrected chi connectivity index (χ1v) is 7.05. The molecule has 2 aromatic rings. The maximum atomic E-state index is 11.0. The normalized spacial score (nSPS) is 10.3. The van der Waals surface area contributed by atoms with Crippen molar-refractivity contribution in [1.82, 2.24) is 4.98 Å². The second-order valence-electron chi connectivity index (χ2n) is 3.80. The third kappa shape index (κ3) is 3.58. The summed E-state index contributed by atoms with van der Waals surface area (Å²) in [5.74, 6) is 0.586. The van der Waals surface area contributed by atoms with Gasteiger partial charge in [0.1, 0.15) is 11.4 Å². The van der Waals surface area contributed by atoms with Gasteiger partial charge in [0.2, 0.25) is 0 Å². The number of rotatable bonds is 6. The molecule has 0 unspecified atom stereocenters. The van der Waals surface area contributed by atoms with Crippen molar-refractivity contribution >= 4 is 34.3 Å². The summed E-state index contributed by atoms with van der Waals surface area (Å²) < 4.78 is 5.79. The Morgan fingerprint density at radius 1 is 1.55 bits per heavy atom. The van der Waals surface area contributed by atoms with E-state index in [1.165, 1.54) is 17.4 Å². The first-order valence-electron chi connectivity index (χ1n) is 5.85. The monoisotopic (exact) mass is 313 g/mol. The number of benzene rings is 1. The number of nitro groups is 1. The Morgan fingerprint density at radius 2 is 2.35 bits per heavy atom. The van der Waals surface area contributed by atoms with Crippen LogP contribution in [0.4, 0.5) is 11.4 Å². The van der Waals surface area contributed by atoms with E-state index in [1.54, 1.807) is 18.3 Å². The number of aromatic nitrogens is 1. The number of thiazole rings is 1. The van der Waals surface area contributed by atoms with E-state index >= 15 is 0 Å². The van der Waals surface area contributed by atoms with Crippen LogP contribution < -0.4 is 10.1 Å².